The van der Waals surface area contributed by atoms with E-state index in [1.54, 1.807) is 0 Å². The van der Waals surface area contributed by atoms with Crippen molar-refractivity contribution in [2.45, 2.75) is 18.7 Å². The number of amides is 1. The molecular weight excluding hydrogens is 383 g/mol. The van der Waals surface area contributed by atoms with Gasteiger partial charge in [0.05, 0.1) is 25.9 Å². The van der Waals surface area contributed by atoms with Crippen molar-refractivity contribution >= 4 is 11.7 Å². The Morgan fingerprint density at radius 3 is 2.54 bits per heavy atom. The molecule has 0 radical (unpaired) electrons. The first-order valence-electron chi connectivity index (χ1n) is 8.33. The van der Waals surface area contributed by atoms with Crippen LogP contribution in [0.25, 0.3) is 11.4 Å². The number of halogens is 3. The molecule has 2 heterocycles. The molecule has 0 aliphatic carbocycles. The number of ketones is 1. The van der Waals surface area contributed by atoms with Gasteiger partial charge in [0.1, 0.15) is 0 Å². The Morgan fingerprint density at radius 1 is 1.18 bits per heavy atom. The van der Waals surface area contributed by atoms with Crippen molar-refractivity contribution in [2.24, 2.45) is 0 Å². The first-order chi connectivity index (χ1) is 13.3. The van der Waals surface area contributed by atoms with E-state index < -0.39 is 23.8 Å². The van der Waals surface area contributed by atoms with E-state index in [1.807, 2.05) is 0 Å². The Bertz CT molecular complexity index is 829. The Hall–Kier alpha value is -2.79. The monoisotopic (exact) mass is 399 g/mol. The molecule has 0 spiro atoms. The van der Waals surface area contributed by atoms with E-state index in [0.29, 0.717) is 25.4 Å². The van der Waals surface area contributed by atoms with E-state index in [9.17, 15) is 22.8 Å². The summed E-state index contributed by atoms with van der Waals surface area (Å²) >= 11 is 0. The van der Waals surface area contributed by atoms with Gasteiger partial charge in [-0.3, -0.25) is 9.59 Å². The molecule has 11 heteroatoms. The Balaban J connectivity index is 1.54. The van der Waals surface area contributed by atoms with E-state index in [1.165, 1.54) is 24.3 Å². The fourth-order valence-corrected chi connectivity index (χ4v) is 2.45. The molecule has 2 aromatic rings. The van der Waals surface area contributed by atoms with Crippen LogP contribution in [0.1, 0.15) is 11.5 Å². The summed E-state index contributed by atoms with van der Waals surface area (Å²) < 4.78 is 52.2. The standard InChI is InChI=1S/C17H16F3N3O5/c18-17(19,20)16-22-14(23-28-16)11-3-1-10(2-4-11)7-13(24)15(25)21-8-12-9-26-5-6-27-12/h1-4,12H,5-9H2,(H,21,25). The van der Waals surface area contributed by atoms with Crippen LogP contribution >= 0.6 is 0 Å². The average molecular weight is 399 g/mol. The summed E-state index contributed by atoms with van der Waals surface area (Å²) in [5.41, 5.74) is 0.801. The van der Waals surface area contributed by atoms with Crippen LogP contribution in [0.15, 0.2) is 28.8 Å². The summed E-state index contributed by atoms with van der Waals surface area (Å²) in [4.78, 5) is 27.2. The molecule has 0 saturated carbocycles. The van der Waals surface area contributed by atoms with E-state index in [0.717, 1.165) is 0 Å². The number of hydrogen-bond acceptors (Lipinski definition) is 7. The molecule has 0 bridgehead atoms. The van der Waals surface area contributed by atoms with Gasteiger partial charge in [0.2, 0.25) is 11.6 Å². The number of alkyl halides is 3. The lowest BCUT2D eigenvalue weighted by Gasteiger charge is -2.22. The van der Waals surface area contributed by atoms with Crippen molar-refractivity contribution in [2.75, 3.05) is 26.4 Å². The first kappa shape index (κ1) is 20.0. The predicted octanol–water partition coefficient (Wildman–Crippen LogP) is 1.40. The third kappa shape index (κ3) is 5.14. The van der Waals surface area contributed by atoms with E-state index >= 15 is 0 Å². The quantitative estimate of drug-likeness (QED) is 0.733. The van der Waals surface area contributed by atoms with E-state index in [-0.39, 0.29) is 30.5 Å². The van der Waals surface area contributed by atoms with Crippen LogP contribution in [-0.2, 0) is 31.7 Å². The van der Waals surface area contributed by atoms with Crippen LogP contribution in [0, 0.1) is 0 Å². The number of ether oxygens (including phenoxy) is 2. The smallest absolute Gasteiger partial charge is 0.376 e. The Labute approximate surface area is 157 Å². The number of hydrogen-bond donors (Lipinski definition) is 1. The number of carbonyl (C=O) groups excluding carboxylic acids is 2. The summed E-state index contributed by atoms with van der Waals surface area (Å²) in [6.45, 7) is 1.46. The Kier molecular flexibility index (Phi) is 6.05. The van der Waals surface area contributed by atoms with E-state index in [4.69, 9.17) is 9.47 Å². The largest absolute Gasteiger partial charge is 0.471 e. The maximum absolute atomic E-state index is 12.5. The van der Waals surface area contributed by atoms with Crippen molar-refractivity contribution in [1.29, 1.82) is 0 Å². The van der Waals surface area contributed by atoms with Gasteiger partial charge in [0, 0.05) is 18.5 Å². The summed E-state index contributed by atoms with van der Waals surface area (Å²) in [7, 11) is 0. The molecule has 1 fully saturated rings. The second kappa shape index (κ2) is 8.48. The number of rotatable bonds is 6. The normalized spacial score (nSPS) is 17.3. The molecule has 8 nitrogen and oxygen atoms in total. The zero-order valence-corrected chi connectivity index (χ0v) is 14.5. The fraction of sp³-hybridized carbons (Fsp3) is 0.412. The molecule has 1 aliphatic rings. The molecule has 1 unspecified atom stereocenters. The number of carbonyl (C=O) groups is 2. The van der Waals surface area contributed by atoms with Gasteiger partial charge in [-0.25, -0.2) is 0 Å². The van der Waals surface area contributed by atoms with Gasteiger partial charge in [-0.1, -0.05) is 29.4 Å². The lowest BCUT2D eigenvalue weighted by atomic mass is 10.1. The van der Waals surface area contributed by atoms with Crippen LogP contribution in [0.3, 0.4) is 0 Å². The third-order valence-electron chi connectivity index (χ3n) is 3.87. The molecule has 1 aliphatic heterocycles. The molecule has 150 valence electrons. The predicted molar refractivity (Wildman–Crippen MR) is 87.0 cm³/mol. The van der Waals surface area contributed by atoms with Crippen LogP contribution < -0.4 is 5.32 Å². The molecule has 28 heavy (non-hydrogen) atoms. The molecule has 1 amide bonds. The van der Waals surface area contributed by atoms with Crippen molar-refractivity contribution in [3.8, 4) is 11.4 Å². The van der Waals surface area contributed by atoms with Crippen LogP contribution in [0.5, 0.6) is 0 Å². The SMILES string of the molecule is O=C(Cc1ccc(-c2noc(C(F)(F)F)n2)cc1)C(=O)NCC1COCCO1. The Morgan fingerprint density at radius 2 is 1.93 bits per heavy atom. The highest BCUT2D eigenvalue weighted by atomic mass is 19.4. The summed E-state index contributed by atoms with van der Waals surface area (Å²) in [6.07, 6.45) is -5.17. The van der Waals surface area contributed by atoms with Gasteiger partial charge < -0.3 is 19.3 Å². The number of benzene rings is 1. The highest BCUT2D eigenvalue weighted by molar-refractivity contribution is 6.36. The molecule has 1 saturated heterocycles. The zero-order chi connectivity index (χ0) is 20.1. The second-order valence-electron chi connectivity index (χ2n) is 6.00. The topological polar surface area (TPSA) is 104 Å². The van der Waals surface area contributed by atoms with Crippen molar-refractivity contribution in [3.05, 3.63) is 35.7 Å². The number of nitrogens with one attached hydrogen (secondary N) is 1. The molecule has 1 atom stereocenters. The van der Waals surface area contributed by atoms with Crippen molar-refractivity contribution < 1.29 is 36.8 Å². The van der Waals surface area contributed by atoms with Gasteiger partial charge >= 0.3 is 12.1 Å². The lowest BCUT2D eigenvalue weighted by molar-refractivity contribution is -0.159. The van der Waals surface area contributed by atoms with Gasteiger partial charge in [-0.05, 0) is 5.56 Å². The molecule has 1 aromatic carbocycles. The van der Waals surface area contributed by atoms with E-state index in [2.05, 4.69) is 20.0 Å². The fourth-order valence-electron chi connectivity index (χ4n) is 2.45. The summed E-state index contributed by atoms with van der Waals surface area (Å²) in [5.74, 6) is -3.06. The van der Waals surface area contributed by atoms with Crippen molar-refractivity contribution in [3.63, 3.8) is 0 Å². The molecular formula is C17H16F3N3O5. The van der Waals surface area contributed by atoms with Crippen LogP contribution in [0.4, 0.5) is 13.2 Å². The van der Waals surface area contributed by atoms with Gasteiger partial charge in [0.15, 0.2) is 0 Å². The average Bonchev–Trinajstić information content (AvgIpc) is 3.18. The van der Waals surface area contributed by atoms with Gasteiger partial charge in [-0.15, -0.1) is 0 Å². The molecule has 1 N–H and O–H groups in total. The first-order valence-corrected chi connectivity index (χ1v) is 8.33. The van der Waals surface area contributed by atoms with Gasteiger partial charge in [0.25, 0.3) is 5.91 Å². The highest BCUT2D eigenvalue weighted by Crippen LogP contribution is 2.29. The minimum atomic E-state index is -4.72. The third-order valence-corrected chi connectivity index (χ3v) is 3.87. The summed E-state index contributed by atoms with van der Waals surface area (Å²) in [6, 6.07) is 5.89. The number of aromatic nitrogens is 2. The second-order valence-corrected chi connectivity index (χ2v) is 6.00. The van der Waals surface area contributed by atoms with Crippen LogP contribution in [0.2, 0.25) is 0 Å². The maximum Gasteiger partial charge on any atom is 0.471 e. The number of Topliss-reactive ketones (excluding diaryl/α,β-unsaturated/α-hetero) is 1. The zero-order valence-electron chi connectivity index (χ0n) is 14.5. The molecule has 1 aromatic heterocycles. The highest BCUT2D eigenvalue weighted by Gasteiger charge is 2.38. The van der Waals surface area contributed by atoms with Crippen molar-refractivity contribution in [1.82, 2.24) is 15.5 Å². The number of nitrogens with zero attached hydrogens (tertiary/aromatic N) is 2. The van der Waals surface area contributed by atoms with Crippen LogP contribution in [-0.4, -0.2) is 54.3 Å². The summed E-state index contributed by atoms with van der Waals surface area (Å²) in [5, 5.41) is 5.78. The minimum absolute atomic E-state index is 0.159. The lowest BCUT2D eigenvalue weighted by Crippen LogP contribution is -2.42. The van der Waals surface area contributed by atoms with Gasteiger partial charge in [-0.2, -0.15) is 18.2 Å². The molecule has 3 rings (SSSR count). The minimum Gasteiger partial charge on any atom is -0.376 e. The maximum atomic E-state index is 12.5.